The molecule has 1 heterocycles. The van der Waals surface area contributed by atoms with Crippen molar-refractivity contribution < 1.29 is 5.11 Å². The summed E-state index contributed by atoms with van der Waals surface area (Å²) in [5, 5.41) is 13.4. The smallest absolute Gasteiger partial charge is 0.0781 e. The number of aliphatic hydroxyl groups excluding tert-OH is 1. The Labute approximate surface area is 239 Å². The van der Waals surface area contributed by atoms with Gasteiger partial charge in [-0.1, -0.05) is 44.2 Å². The molecule has 0 aromatic carbocycles. The number of fused-ring (bicyclic) bond motifs is 5. The van der Waals surface area contributed by atoms with Crippen LogP contribution in [0, 0.1) is 34.5 Å². The van der Waals surface area contributed by atoms with E-state index in [0.717, 1.165) is 49.4 Å². The minimum Gasteiger partial charge on any atom is -0.392 e. The van der Waals surface area contributed by atoms with Crippen molar-refractivity contribution in [3.63, 3.8) is 0 Å². The molecule has 4 heteroatoms. The lowest BCUT2D eigenvalue weighted by atomic mass is 9.46. The van der Waals surface area contributed by atoms with Gasteiger partial charge in [-0.3, -0.25) is 4.99 Å². The molecule has 0 amide bonds. The first-order chi connectivity index (χ1) is 18.3. The summed E-state index contributed by atoms with van der Waals surface area (Å²) in [4.78, 5) is 7.71. The molecule has 0 aromatic rings. The van der Waals surface area contributed by atoms with Crippen molar-refractivity contribution in [1.82, 2.24) is 10.2 Å². The highest BCUT2D eigenvalue weighted by Gasteiger charge is 2.59. The predicted molar refractivity (Wildman–Crippen MR) is 165 cm³/mol. The quantitative estimate of drug-likeness (QED) is 0.336. The summed E-state index contributed by atoms with van der Waals surface area (Å²) >= 11 is 0. The zero-order chi connectivity index (χ0) is 28.2. The Hall–Kier alpha value is -1.39. The van der Waals surface area contributed by atoms with Gasteiger partial charge in [0.2, 0.25) is 0 Å². The maximum absolute atomic E-state index is 9.91. The maximum Gasteiger partial charge on any atom is 0.0781 e. The number of nitrogens with zero attached hydrogens (tertiary/aromatic N) is 2. The van der Waals surface area contributed by atoms with Gasteiger partial charge in [0.1, 0.15) is 0 Å². The lowest BCUT2D eigenvalue weighted by Gasteiger charge is -2.58. The summed E-state index contributed by atoms with van der Waals surface area (Å²) in [6.07, 6.45) is 14.8. The second-order valence-electron chi connectivity index (χ2n) is 15.5. The van der Waals surface area contributed by atoms with Crippen molar-refractivity contribution in [3.8, 4) is 0 Å². The molecule has 5 rings (SSSR count). The molecular formula is C35H57N3O. The number of hydrogen-bond donors (Lipinski definition) is 2. The zero-order valence-electron chi connectivity index (χ0n) is 26.0. The molecule has 3 saturated carbocycles. The second kappa shape index (κ2) is 10.8. The highest BCUT2D eigenvalue weighted by atomic mass is 16.3. The van der Waals surface area contributed by atoms with Crippen molar-refractivity contribution in [2.45, 2.75) is 123 Å². The van der Waals surface area contributed by atoms with Gasteiger partial charge in [0.25, 0.3) is 0 Å². The minimum atomic E-state index is -0.196. The number of hydrogen-bond acceptors (Lipinski definition) is 4. The number of rotatable bonds is 7. The van der Waals surface area contributed by atoms with Crippen LogP contribution >= 0.6 is 0 Å². The third kappa shape index (κ3) is 5.46. The summed E-state index contributed by atoms with van der Waals surface area (Å²) in [6.45, 7) is 25.6. The molecule has 4 nitrogen and oxygen atoms in total. The van der Waals surface area contributed by atoms with Crippen molar-refractivity contribution in [2.75, 3.05) is 19.6 Å². The van der Waals surface area contributed by atoms with Crippen LogP contribution in [-0.2, 0) is 0 Å². The number of allylic oxidation sites excluding steroid dienone is 3. The first kappa shape index (κ1) is 29.1. The van der Waals surface area contributed by atoms with Crippen molar-refractivity contribution in [3.05, 3.63) is 36.1 Å². The fourth-order valence-corrected chi connectivity index (χ4v) is 10.0. The summed E-state index contributed by atoms with van der Waals surface area (Å²) in [5.74, 6) is 3.19. The predicted octanol–water partition coefficient (Wildman–Crippen LogP) is 7.31. The monoisotopic (exact) mass is 535 g/mol. The SMILES string of the molecule is C=C1C=C2CCC3C(CCC4(C)C(C(C)=NCC(=C)N(CCC5CC(O)CN5)C(C)(C)C)CCC34)C2(C)CC1. The summed E-state index contributed by atoms with van der Waals surface area (Å²) in [7, 11) is 0. The highest BCUT2D eigenvalue weighted by Crippen LogP contribution is 2.67. The summed E-state index contributed by atoms with van der Waals surface area (Å²) in [6, 6.07) is 0.398. The highest BCUT2D eigenvalue weighted by molar-refractivity contribution is 5.85. The molecule has 8 atom stereocenters. The molecule has 0 aromatic heterocycles. The van der Waals surface area contributed by atoms with Gasteiger partial charge >= 0.3 is 0 Å². The van der Waals surface area contributed by atoms with Crippen LogP contribution in [0.5, 0.6) is 0 Å². The Kier molecular flexibility index (Phi) is 8.05. The van der Waals surface area contributed by atoms with Crippen molar-refractivity contribution in [2.24, 2.45) is 39.5 Å². The van der Waals surface area contributed by atoms with E-state index in [0.29, 0.717) is 29.3 Å². The van der Waals surface area contributed by atoms with E-state index in [4.69, 9.17) is 4.99 Å². The summed E-state index contributed by atoms with van der Waals surface area (Å²) < 4.78 is 0. The number of β-amino-alcohol motifs (C(OH)–C–C–N with tert-alkyl or cyclic N) is 1. The van der Waals surface area contributed by atoms with E-state index in [-0.39, 0.29) is 11.6 Å². The first-order valence-electron chi connectivity index (χ1n) is 16.1. The molecule has 1 aliphatic heterocycles. The molecule has 2 N–H and O–H groups in total. The van der Waals surface area contributed by atoms with Crippen LogP contribution in [0.1, 0.15) is 106 Å². The van der Waals surface area contributed by atoms with Crippen LogP contribution in [0.25, 0.3) is 0 Å². The molecule has 5 aliphatic rings. The largest absolute Gasteiger partial charge is 0.392 e. The van der Waals surface area contributed by atoms with E-state index in [2.05, 4.69) is 71.0 Å². The van der Waals surface area contributed by atoms with Gasteiger partial charge in [0, 0.05) is 42.0 Å². The Morgan fingerprint density at radius 1 is 1.13 bits per heavy atom. The van der Waals surface area contributed by atoms with E-state index < -0.39 is 0 Å². The lowest BCUT2D eigenvalue weighted by molar-refractivity contribution is -0.0417. The van der Waals surface area contributed by atoms with Crippen LogP contribution in [0.3, 0.4) is 0 Å². The lowest BCUT2D eigenvalue weighted by Crippen LogP contribution is -2.50. The normalized spacial score (nSPS) is 40.5. The number of aliphatic imine (C=N–C) groups is 1. The molecule has 1 saturated heterocycles. The second-order valence-corrected chi connectivity index (χ2v) is 15.5. The Morgan fingerprint density at radius 2 is 1.90 bits per heavy atom. The van der Waals surface area contributed by atoms with Crippen LogP contribution in [0.2, 0.25) is 0 Å². The van der Waals surface area contributed by atoms with Gasteiger partial charge in [-0.2, -0.15) is 0 Å². The summed E-state index contributed by atoms with van der Waals surface area (Å²) in [5.41, 5.74) is 6.38. The Bertz CT molecular complexity index is 1020. The number of aliphatic hydroxyl groups is 1. The molecular weight excluding hydrogens is 478 g/mol. The average Bonchev–Trinajstić information content (AvgIpc) is 3.44. The zero-order valence-corrected chi connectivity index (χ0v) is 26.0. The number of nitrogens with one attached hydrogen (secondary N) is 1. The van der Waals surface area contributed by atoms with Gasteiger partial charge in [0.15, 0.2) is 0 Å². The minimum absolute atomic E-state index is 0.0103. The molecule has 0 spiro atoms. The van der Waals surface area contributed by atoms with E-state index in [1.807, 2.05) is 0 Å². The van der Waals surface area contributed by atoms with E-state index >= 15 is 0 Å². The van der Waals surface area contributed by atoms with Crippen LogP contribution in [0.4, 0.5) is 0 Å². The van der Waals surface area contributed by atoms with Gasteiger partial charge in [-0.15, -0.1) is 0 Å². The van der Waals surface area contributed by atoms with E-state index in [1.165, 1.54) is 62.7 Å². The topological polar surface area (TPSA) is 47.9 Å². The first-order valence-corrected chi connectivity index (χ1v) is 16.1. The molecule has 4 aliphatic carbocycles. The van der Waals surface area contributed by atoms with E-state index in [9.17, 15) is 5.11 Å². The Balaban J connectivity index is 1.25. The van der Waals surface area contributed by atoms with Crippen molar-refractivity contribution >= 4 is 5.71 Å². The van der Waals surface area contributed by atoms with Crippen LogP contribution < -0.4 is 5.32 Å². The maximum atomic E-state index is 9.91. The standard InChI is InChI=1S/C35H57N3O/c1-23-13-16-34(7)26(19-23)9-10-29-31-12-11-30(35(31,8)17-14-32(29)34)25(3)36-21-24(2)38(33(4,5)6)18-15-27-20-28(39)22-37-27/h19,27-32,37,39H,1-2,9-18,20-22H2,3-8H3. The van der Waals surface area contributed by atoms with E-state index in [1.54, 1.807) is 5.57 Å². The Morgan fingerprint density at radius 3 is 2.59 bits per heavy atom. The third-order valence-electron chi connectivity index (χ3n) is 12.2. The molecule has 4 fully saturated rings. The van der Waals surface area contributed by atoms with Crippen LogP contribution in [-0.4, -0.2) is 53.0 Å². The fourth-order valence-electron chi connectivity index (χ4n) is 10.0. The average molecular weight is 536 g/mol. The molecule has 218 valence electrons. The van der Waals surface area contributed by atoms with Gasteiger partial charge in [-0.05, 0) is 120 Å². The molecule has 39 heavy (non-hydrogen) atoms. The van der Waals surface area contributed by atoms with Gasteiger partial charge < -0.3 is 15.3 Å². The molecule has 8 unspecified atom stereocenters. The molecule has 0 radical (unpaired) electrons. The third-order valence-corrected chi connectivity index (χ3v) is 12.2. The molecule has 0 bridgehead atoms. The van der Waals surface area contributed by atoms with Crippen LogP contribution in [0.15, 0.2) is 41.1 Å². The van der Waals surface area contributed by atoms with Crippen molar-refractivity contribution in [1.29, 1.82) is 0 Å². The fraction of sp³-hybridized carbons (Fsp3) is 0.800. The van der Waals surface area contributed by atoms with Gasteiger partial charge in [-0.25, -0.2) is 0 Å². The van der Waals surface area contributed by atoms with Gasteiger partial charge in [0.05, 0.1) is 12.6 Å².